The van der Waals surface area contributed by atoms with Gasteiger partial charge in [0.25, 0.3) is 0 Å². The zero-order valence-corrected chi connectivity index (χ0v) is 8.48. The molecule has 0 aliphatic rings. The van der Waals surface area contributed by atoms with Crippen molar-refractivity contribution >= 4 is 28.5 Å². The van der Waals surface area contributed by atoms with Gasteiger partial charge in [-0.1, -0.05) is 0 Å². The summed E-state index contributed by atoms with van der Waals surface area (Å²) in [5.41, 5.74) is 0.989. The normalized spacial score (nSPS) is 12.1. The van der Waals surface area contributed by atoms with Crippen molar-refractivity contribution in [2.24, 2.45) is 0 Å². The maximum Gasteiger partial charge on any atom is 0.137 e. The average molecular weight is 215 g/mol. The number of alkyl halides is 1. The van der Waals surface area contributed by atoms with E-state index < -0.39 is 0 Å². The number of aliphatic hydroxyl groups is 1. The smallest absolute Gasteiger partial charge is 0.137 e. The van der Waals surface area contributed by atoms with Gasteiger partial charge in [0.2, 0.25) is 0 Å². The van der Waals surface area contributed by atoms with Crippen LogP contribution in [0.1, 0.15) is 10.7 Å². The van der Waals surface area contributed by atoms with Gasteiger partial charge >= 0.3 is 0 Å². The Labute approximate surface area is 84.9 Å². The summed E-state index contributed by atoms with van der Waals surface area (Å²) < 4.78 is 0. The quantitative estimate of drug-likeness (QED) is 0.468. The Hall–Kier alpha value is -1.05. The molecule has 13 heavy (non-hydrogen) atoms. The number of rotatable bonds is 2. The van der Waals surface area contributed by atoms with Crippen LogP contribution in [0.5, 0.6) is 0 Å². The molecule has 0 saturated carbocycles. The van der Waals surface area contributed by atoms with Gasteiger partial charge in [-0.25, -0.2) is 4.98 Å². The van der Waals surface area contributed by atoms with E-state index in [1.165, 1.54) is 11.3 Å². The van der Waals surface area contributed by atoms with Crippen LogP contribution in [0.4, 0.5) is 0 Å². The molecule has 0 aromatic carbocycles. The highest BCUT2D eigenvalue weighted by atomic mass is 35.5. The Morgan fingerprint density at radius 3 is 2.92 bits per heavy atom. The van der Waals surface area contributed by atoms with Crippen molar-refractivity contribution in [2.75, 3.05) is 5.88 Å². The molecule has 0 radical (unpaired) electrons. The van der Waals surface area contributed by atoms with Crippen molar-refractivity contribution in [2.45, 2.75) is 6.92 Å². The summed E-state index contributed by atoms with van der Waals surface area (Å²) in [5.74, 6) is -0.194. The van der Waals surface area contributed by atoms with Crippen molar-refractivity contribution in [1.82, 2.24) is 4.98 Å². The minimum Gasteiger partial charge on any atom is -0.510 e. The fourth-order valence-electron chi connectivity index (χ4n) is 0.771. The molecule has 5 heteroatoms. The van der Waals surface area contributed by atoms with Gasteiger partial charge in [-0.05, 0) is 6.92 Å². The van der Waals surface area contributed by atoms with Crippen LogP contribution in [0.15, 0.2) is 11.1 Å². The summed E-state index contributed by atoms with van der Waals surface area (Å²) in [7, 11) is 0. The largest absolute Gasteiger partial charge is 0.510 e. The van der Waals surface area contributed by atoms with Gasteiger partial charge in [0.05, 0.1) is 5.88 Å². The molecule has 0 fully saturated rings. The van der Waals surface area contributed by atoms with E-state index in [9.17, 15) is 5.11 Å². The molecule has 1 heterocycles. The number of aliphatic hydroxyl groups excluding tert-OH is 1. The number of aryl methyl sites for hydroxylation is 1. The molecule has 0 unspecified atom stereocenters. The van der Waals surface area contributed by atoms with E-state index in [0.29, 0.717) is 5.01 Å². The molecular weight excluding hydrogens is 208 g/mol. The van der Waals surface area contributed by atoms with E-state index in [2.05, 4.69) is 4.98 Å². The van der Waals surface area contributed by atoms with Crippen molar-refractivity contribution in [3.05, 3.63) is 21.8 Å². The molecule has 3 nitrogen and oxygen atoms in total. The van der Waals surface area contributed by atoms with Crippen molar-refractivity contribution in [3.63, 3.8) is 0 Å². The molecule has 0 aliphatic carbocycles. The van der Waals surface area contributed by atoms with Crippen molar-refractivity contribution in [3.8, 4) is 6.07 Å². The molecule has 0 spiro atoms. The van der Waals surface area contributed by atoms with Crippen LogP contribution in [0.2, 0.25) is 0 Å². The standard InChI is InChI=1S/C8H7ClN2OS/c1-5-4-13-8(11-5)6(3-10)7(12)2-9/h4,12H,2H2,1H3/b7-6-. The predicted molar refractivity (Wildman–Crippen MR) is 52.7 cm³/mol. The Balaban J connectivity index is 3.13. The predicted octanol–water partition coefficient (Wildman–Crippen LogP) is 2.48. The summed E-state index contributed by atoms with van der Waals surface area (Å²) >= 11 is 6.72. The van der Waals surface area contributed by atoms with E-state index in [4.69, 9.17) is 16.9 Å². The molecule has 0 bridgehead atoms. The Kier molecular flexibility index (Phi) is 3.29. The third-order valence-corrected chi connectivity index (χ3v) is 2.59. The third kappa shape index (κ3) is 2.20. The molecule has 1 aromatic heterocycles. The minimum atomic E-state index is -0.126. The highest BCUT2D eigenvalue weighted by molar-refractivity contribution is 7.10. The Morgan fingerprint density at radius 2 is 2.54 bits per heavy atom. The first-order valence-corrected chi connectivity index (χ1v) is 4.91. The van der Waals surface area contributed by atoms with Crippen LogP contribution >= 0.6 is 22.9 Å². The van der Waals surface area contributed by atoms with Crippen molar-refractivity contribution < 1.29 is 5.11 Å². The number of aromatic nitrogens is 1. The summed E-state index contributed by atoms with van der Waals surface area (Å²) in [4.78, 5) is 4.07. The fraction of sp³-hybridized carbons (Fsp3) is 0.250. The Bertz CT molecular complexity index is 378. The first-order chi connectivity index (χ1) is 6.19. The number of hydrogen-bond donors (Lipinski definition) is 1. The van der Waals surface area contributed by atoms with Crippen LogP contribution in [0.3, 0.4) is 0 Å². The zero-order valence-electron chi connectivity index (χ0n) is 6.91. The number of allylic oxidation sites excluding steroid dienone is 2. The average Bonchev–Trinajstić information content (AvgIpc) is 2.53. The van der Waals surface area contributed by atoms with E-state index in [1.54, 1.807) is 0 Å². The number of nitrogens with zero attached hydrogens (tertiary/aromatic N) is 2. The fourth-order valence-corrected chi connectivity index (χ4v) is 1.72. The SMILES string of the molecule is Cc1csc(/C(C#N)=C(\O)CCl)n1. The summed E-state index contributed by atoms with van der Waals surface area (Å²) in [6, 6.07) is 1.88. The van der Waals surface area contributed by atoms with E-state index in [0.717, 1.165) is 5.69 Å². The zero-order chi connectivity index (χ0) is 9.84. The summed E-state index contributed by atoms with van der Waals surface area (Å²) in [5, 5.41) is 20.3. The van der Waals surface area contributed by atoms with Crippen molar-refractivity contribution in [1.29, 1.82) is 5.26 Å². The molecule has 1 N–H and O–H groups in total. The highest BCUT2D eigenvalue weighted by Gasteiger charge is 2.10. The molecule has 1 aromatic rings. The van der Waals surface area contributed by atoms with Crippen LogP contribution < -0.4 is 0 Å². The van der Waals surface area contributed by atoms with E-state index in [-0.39, 0.29) is 17.2 Å². The molecular formula is C8H7ClN2OS. The van der Waals surface area contributed by atoms with Gasteiger partial charge in [-0.15, -0.1) is 22.9 Å². The molecule has 0 aliphatic heterocycles. The van der Waals surface area contributed by atoms with Gasteiger partial charge < -0.3 is 5.11 Å². The summed E-state index contributed by atoms with van der Waals surface area (Å²) in [6.07, 6.45) is 0. The topological polar surface area (TPSA) is 56.9 Å². The second-order valence-electron chi connectivity index (χ2n) is 2.36. The number of hydrogen-bond acceptors (Lipinski definition) is 4. The van der Waals surface area contributed by atoms with E-state index >= 15 is 0 Å². The summed E-state index contributed by atoms with van der Waals surface area (Å²) in [6.45, 7) is 1.83. The molecule has 0 saturated heterocycles. The van der Waals surface area contributed by atoms with Crippen LogP contribution in [-0.2, 0) is 0 Å². The number of halogens is 1. The van der Waals surface area contributed by atoms with Crippen LogP contribution in [0, 0.1) is 18.3 Å². The molecule has 68 valence electrons. The van der Waals surface area contributed by atoms with Gasteiger partial charge in [0, 0.05) is 11.1 Å². The minimum absolute atomic E-state index is 0.0679. The van der Waals surface area contributed by atoms with Gasteiger partial charge in [-0.2, -0.15) is 5.26 Å². The first kappa shape index (κ1) is 10.0. The first-order valence-electron chi connectivity index (χ1n) is 3.49. The maximum atomic E-state index is 9.27. The Morgan fingerprint density at radius 1 is 1.85 bits per heavy atom. The van der Waals surface area contributed by atoms with E-state index in [1.807, 2.05) is 18.4 Å². The lowest BCUT2D eigenvalue weighted by Crippen LogP contribution is -1.90. The third-order valence-electron chi connectivity index (χ3n) is 1.36. The number of nitriles is 1. The highest BCUT2D eigenvalue weighted by Crippen LogP contribution is 2.21. The van der Waals surface area contributed by atoms with Crippen LogP contribution in [-0.4, -0.2) is 16.0 Å². The monoisotopic (exact) mass is 214 g/mol. The lowest BCUT2D eigenvalue weighted by Gasteiger charge is -1.95. The molecule has 0 amide bonds. The van der Waals surface area contributed by atoms with Gasteiger partial charge in [0.1, 0.15) is 22.4 Å². The molecule has 1 rings (SSSR count). The lowest BCUT2D eigenvalue weighted by atomic mass is 10.3. The van der Waals surface area contributed by atoms with Crippen LogP contribution in [0.25, 0.3) is 5.57 Å². The maximum absolute atomic E-state index is 9.27. The molecule has 0 atom stereocenters. The van der Waals surface area contributed by atoms with Gasteiger partial charge in [0.15, 0.2) is 0 Å². The van der Waals surface area contributed by atoms with Gasteiger partial charge in [-0.3, -0.25) is 0 Å². The second-order valence-corrected chi connectivity index (χ2v) is 3.49. The second kappa shape index (κ2) is 4.26. The lowest BCUT2D eigenvalue weighted by molar-refractivity contribution is 0.420. The number of thiazole rings is 1.